The monoisotopic (exact) mass is 277 g/mol. The first-order valence-electron chi connectivity index (χ1n) is 6.77. The first kappa shape index (κ1) is 13.3. The predicted octanol–water partition coefficient (Wildman–Crippen LogP) is -0.277. The fourth-order valence-corrected chi connectivity index (χ4v) is 3.19. The number of fused-ring (bicyclic) bond motifs is 1. The summed E-state index contributed by atoms with van der Waals surface area (Å²) in [6, 6.07) is 5.81. The number of rotatable bonds is 3. The maximum absolute atomic E-state index is 11.7. The smallest absolute Gasteiger partial charge is 0.251 e. The topological polar surface area (TPSA) is 65.9 Å². The van der Waals surface area contributed by atoms with Crippen LogP contribution >= 0.6 is 0 Å². The lowest BCUT2D eigenvalue weighted by atomic mass is 10.0. The Labute approximate surface area is 118 Å². The Morgan fingerprint density at radius 3 is 2.95 bits per heavy atom. The first-order valence-corrected chi connectivity index (χ1v) is 6.77. The molecule has 2 aliphatic heterocycles. The maximum Gasteiger partial charge on any atom is 0.251 e. The number of likely N-dealkylation sites (tertiary alicyclic amines) is 2. The molecule has 0 unspecified atom stereocenters. The summed E-state index contributed by atoms with van der Waals surface area (Å²) in [6.07, 6.45) is -0.853. The largest absolute Gasteiger partial charge is 0.481 e. The minimum Gasteiger partial charge on any atom is -0.481 e. The minimum atomic E-state index is -0.853. The van der Waals surface area contributed by atoms with Gasteiger partial charge < -0.3 is 14.7 Å². The number of aliphatic hydroxyl groups excluding tert-OH is 1. The average Bonchev–Trinajstić information content (AvgIpc) is 2.95. The molecule has 2 fully saturated rings. The van der Waals surface area contributed by atoms with E-state index in [0.717, 1.165) is 18.8 Å². The third-order valence-corrected chi connectivity index (χ3v) is 4.29. The molecule has 1 amide bonds. The molecule has 0 bridgehead atoms. The summed E-state index contributed by atoms with van der Waals surface area (Å²) in [5, 5.41) is 9.95. The van der Waals surface area contributed by atoms with Crippen LogP contribution in [0.1, 0.15) is 5.69 Å². The van der Waals surface area contributed by atoms with E-state index in [1.54, 1.807) is 19.1 Å². The fourth-order valence-electron chi connectivity index (χ4n) is 3.19. The standard InChI is InChI=1S/C14H19N3O3/c1-16-11-8-17(7-10(11)13(18)14(16)19)6-9-4-3-5-12(15-9)20-2/h3-5,10-11,13,18H,6-8H2,1-2H3/t10-,11+,13-/m0/s1. The molecule has 1 aromatic rings. The minimum absolute atomic E-state index is 0.0121. The third-order valence-electron chi connectivity index (χ3n) is 4.29. The highest BCUT2D eigenvalue weighted by Crippen LogP contribution is 2.32. The second kappa shape index (κ2) is 5.03. The Bertz CT molecular complexity index is 502. The number of nitrogens with zero attached hydrogens (tertiary/aromatic N) is 3. The Balaban J connectivity index is 1.68. The molecule has 0 spiro atoms. The molecule has 0 aromatic carbocycles. The molecule has 3 rings (SSSR count). The van der Waals surface area contributed by atoms with Gasteiger partial charge >= 0.3 is 0 Å². The van der Waals surface area contributed by atoms with Crippen molar-refractivity contribution in [1.82, 2.24) is 14.8 Å². The Morgan fingerprint density at radius 1 is 1.45 bits per heavy atom. The van der Waals surface area contributed by atoms with Crippen molar-refractivity contribution in [2.45, 2.75) is 18.7 Å². The molecule has 1 N–H and O–H groups in total. The number of likely N-dealkylation sites (N-methyl/N-ethyl adjacent to an activating group) is 1. The summed E-state index contributed by atoms with van der Waals surface area (Å²) in [5.41, 5.74) is 0.938. The fraction of sp³-hybridized carbons (Fsp3) is 0.571. The number of pyridine rings is 1. The Hall–Kier alpha value is -1.66. The van der Waals surface area contributed by atoms with Crippen LogP contribution in [0.5, 0.6) is 5.88 Å². The predicted molar refractivity (Wildman–Crippen MR) is 72.1 cm³/mol. The van der Waals surface area contributed by atoms with Crippen LogP contribution in [0.3, 0.4) is 0 Å². The summed E-state index contributed by atoms with van der Waals surface area (Å²) >= 11 is 0. The second-order valence-corrected chi connectivity index (χ2v) is 5.49. The van der Waals surface area contributed by atoms with Gasteiger partial charge in [0.15, 0.2) is 0 Å². The van der Waals surface area contributed by atoms with Crippen LogP contribution in [-0.4, -0.2) is 65.2 Å². The van der Waals surface area contributed by atoms with Gasteiger partial charge in [-0.05, 0) is 6.07 Å². The number of ether oxygens (including phenoxy) is 1. The molecule has 0 saturated carbocycles. The van der Waals surface area contributed by atoms with Crippen molar-refractivity contribution >= 4 is 5.91 Å². The van der Waals surface area contributed by atoms with Crippen molar-refractivity contribution < 1.29 is 14.6 Å². The number of carbonyl (C=O) groups is 1. The summed E-state index contributed by atoms with van der Waals surface area (Å²) in [5.74, 6) is 0.464. The molecule has 6 nitrogen and oxygen atoms in total. The second-order valence-electron chi connectivity index (χ2n) is 5.49. The van der Waals surface area contributed by atoms with Gasteiger partial charge in [0.1, 0.15) is 6.10 Å². The molecule has 0 radical (unpaired) electrons. The average molecular weight is 277 g/mol. The molecular formula is C14H19N3O3. The van der Waals surface area contributed by atoms with Gasteiger partial charge in [-0.2, -0.15) is 0 Å². The normalized spacial score (nSPS) is 29.9. The summed E-state index contributed by atoms with van der Waals surface area (Å²) < 4.78 is 5.12. The van der Waals surface area contributed by atoms with Crippen LogP contribution in [0, 0.1) is 5.92 Å². The van der Waals surface area contributed by atoms with Gasteiger partial charge in [-0.25, -0.2) is 4.98 Å². The van der Waals surface area contributed by atoms with E-state index in [9.17, 15) is 9.90 Å². The molecule has 6 heteroatoms. The van der Waals surface area contributed by atoms with Crippen molar-refractivity contribution in [3.05, 3.63) is 23.9 Å². The van der Waals surface area contributed by atoms with Crippen LogP contribution in [-0.2, 0) is 11.3 Å². The molecule has 1 aromatic heterocycles. The zero-order valence-electron chi connectivity index (χ0n) is 11.7. The lowest BCUT2D eigenvalue weighted by Gasteiger charge is -2.20. The highest BCUT2D eigenvalue weighted by Gasteiger charge is 2.50. The van der Waals surface area contributed by atoms with Gasteiger partial charge in [0.2, 0.25) is 5.88 Å². The van der Waals surface area contributed by atoms with Gasteiger partial charge in [0.25, 0.3) is 5.91 Å². The van der Waals surface area contributed by atoms with Crippen molar-refractivity contribution in [2.24, 2.45) is 5.92 Å². The first-order chi connectivity index (χ1) is 9.60. The van der Waals surface area contributed by atoms with Crippen LogP contribution in [0.25, 0.3) is 0 Å². The lowest BCUT2D eigenvalue weighted by molar-refractivity contribution is -0.135. The van der Waals surface area contributed by atoms with Gasteiger partial charge in [-0.3, -0.25) is 9.69 Å². The van der Waals surface area contributed by atoms with E-state index in [2.05, 4.69) is 9.88 Å². The van der Waals surface area contributed by atoms with Crippen LogP contribution in [0.15, 0.2) is 18.2 Å². The molecule has 2 aliphatic rings. The maximum atomic E-state index is 11.7. The number of methoxy groups -OCH3 is 1. The summed E-state index contributed by atoms with van der Waals surface area (Å²) in [4.78, 5) is 20.0. The number of aliphatic hydroxyl groups is 1. The highest BCUT2D eigenvalue weighted by atomic mass is 16.5. The van der Waals surface area contributed by atoms with Crippen molar-refractivity contribution in [2.75, 3.05) is 27.2 Å². The number of amides is 1. The molecule has 3 heterocycles. The Morgan fingerprint density at radius 2 is 2.25 bits per heavy atom. The number of carbonyl (C=O) groups excluding carboxylic acids is 1. The highest BCUT2D eigenvalue weighted by molar-refractivity contribution is 5.84. The van der Waals surface area contributed by atoms with E-state index >= 15 is 0 Å². The van der Waals surface area contributed by atoms with Crippen molar-refractivity contribution in [1.29, 1.82) is 0 Å². The van der Waals surface area contributed by atoms with E-state index in [1.807, 2.05) is 18.2 Å². The SMILES string of the molecule is COc1cccc(CN2C[C@@H]3[C@H](O)C(=O)N(C)[C@@H]3C2)n1. The molecule has 20 heavy (non-hydrogen) atoms. The zero-order valence-corrected chi connectivity index (χ0v) is 11.7. The van der Waals surface area contributed by atoms with Crippen LogP contribution in [0.4, 0.5) is 0 Å². The number of aromatic nitrogens is 1. The van der Waals surface area contributed by atoms with Crippen molar-refractivity contribution in [3.8, 4) is 5.88 Å². The third kappa shape index (κ3) is 2.14. The summed E-state index contributed by atoms with van der Waals surface area (Å²) in [7, 11) is 3.37. The quantitative estimate of drug-likeness (QED) is 0.823. The van der Waals surface area contributed by atoms with Crippen molar-refractivity contribution in [3.63, 3.8) is 0 Å². The molecular weight excluding hydrogens is 258 g/mol. The number of hydrogen-bond acceptors (Lipinski definition) is 5. The van der Waals surface area contributed by atoms with E-state index in [-0.39, 0.29) is 17.9 Å². The Kier molecular flexibility index (Phi) is 3.35. The van der Waals surface area contributed by atoms with E-state index < -0.39 is 6.10 Å². The van der Waals surface area contributed by atoms with E-state index in [1.165, 1.54) is 0 Å². The lowest BCUT2D eigenvalue weighted by Crippen LogP contribution is -2.36. The molecule has 108 valence electrons. The molecule has 3 atom stereocenters. The van der Waals surface area contributed by atoms with E-state index in [0.29, 0.717) is 12.4 Å². The number of hydrogen-bond donors (Lipinski definition) is 1. The zero-order chi connectivity index (χ0) is 14.3. The summed E-state index contributed by atoms with van der Waals surface area (Å²) in [6.45, 7) is 2.21. The molecule has 0 aliphatic carbocycles. The molecule has 2 saturated heterocycles. The van der Waals surface area contributed by atoms with Gasteiger partial charge in [-0.1, -0.05) is 6.07 Å². The van der Waals surface area contributed by atoms with E-state index in [4.69, 9.17) is 4.74 Å². The van der Waals surface area contributed by atoms with Gasteiger partial charge in [0, 0.05) is 38.7 Å². The van der Waals surface area contributed by atoms with Gasteiger partial charge in [0.05, 0.1) is 18.8 Å². The van der Waals surface area contributed by atoms with Crippen LogP contribution in [0.2, 0.25) is 0 Å². The van der Waals surface area contributed by atoms with Gasteiger partial charge in [-0.15, -0.1) is 0 Å². The van der Waals surface area contributed by atoms with Crippen LogP contribution < -0.4 is 4.74 Å².